The van der Waals surface area contributed by atoms with Crippen LogP contribution in [0.1, 0.15) is 20.7 Å². The van der Waals surface area contributed by atoms with Crippen LogP contribution in [0.2, 0.25) is 0 Å². The summed E-state index contributed by atoms with van der Waals surface area (Å²) in [5.41, 5.74) is 0.238. The van der Waals surface area contributed by atoms with Gasteiger partial charge in [0.25, 0.3) is 11.6 Å². The molecule has 0 radical (unpaired) electrons. The number of aryl methyl sites for hydroxylation is 1. The molecular weight excluding hydrogens is 398 g/mol. The Labute approximate surface area is 169 Å². The molecule has 0 unspecified atom stereocenters. The molecule has 0 atom stereocenters. The second kappa shape index (κ2) is 8.52. The van der Waals surface area contributed by atoms with Crippen LogP contribution in [0.25, 0.3) is 0 Å². The maximum Gasteiger partial charge on any atom is 0.339 e. The van der Waals surface area contributed by atoms with Crippen LogP contribution in [0.4, 0.5) is 11.4 Å². The second-order valence-corrected chi connectivity index (χ2v) is 6.77. The van der Waals surface area contributed by atoms with E-state index in [1.54, 1.807) is 23.7 Å². The molecule has 0 saturated carbocycles. The number of ether oxygens (including phenoxy) is 1. The zero-order chi connectivity index (χ0) is 21.0. The van der Waals surface area contributed by atoms with Crippen molar-refractivity contribution >= 4 is 35.0 Å². The van der Waals surface area contributed by atoms with Crippen LogP contribution in [0.3, 0.4) is 0 Å². The third-order valence-corrected chi connectivity index (χ3v) is 4.99. The topological polar surface area (TPSA) is 129 Å². The standard InChI is InChI=1S/C18H15N5O5S/c1-22-10-19-21-18(22)29-15-8-7-11(9-14(15)23(26)27)16(24)20-13-6-4-3-5-12(13)17(25)28-2/h3-10H,1-2H3,(H,20,24). The first-order valence-electron chi connectivity index (χ1n) is 8.19. The fourth-order valence-electron chi connectivity index (χ4n) is 2.43. The Morgan fingerprint density at radius 3 is 2.66 bits per heavy atom. The van der Waals surface area contributed by atoms with Crippen molar-refractivity contribution in [3.8, 4) is 0 Å². The van der Waals surface area contributed by atoms with Gasteiger partial charge in [-0.2, -0.15) is 0 Å². The molecule has 10 nitrogen and oxygen atoms in total. The van der Waals surface area contributed by atoms with E-state index in [-0.39, 0.29) is 22.5 Å². The van der Waals surface area contributed by atoms with Crippen LogP contribution in [0.5, 0.6) is 0 Å². The van der Waals surface area contributed by atoms with Crippen molar-refractivity contribution in [3.05, 3.63) is 70.0 Å². The molecule has 0 fully saturated rings. The van der Waals surface area contributed by atoms with E-state index in [2.05, 4.69) is 15.5 Å². The van der Waals surface area contributed by atoms with E-state index in [1.807, 2.05) is 0 Å². The van der Waals surface area contributed by atoms with E-state index < -0.39 is 16.8 Å². The maximum absolute atomic E-state index is 12.6. The number of nitro groups is 1. The molecule has 0 bridgehead atoms. The van der Waals surface area contributed by atoms with Crippen molar-refractivity contribution in [1.82, 2.24) is 14.8 Å². The van der Waals surface area contributed by atoms with E-state index in [4.69, 9.17) is 4.74 Å². The van der Waals surface area contributed by atoms with Crippen LogP contribution in [-0.2, 0) is 11.8 Å². The van der Waals surface area contributed by atoms with Gasteiger partial charge >= 0.3 is 5.97 Å². The second-order valence-electron chi connectivity index (χ2n) is 5.76. The number of anilines is 1. The van der Waals surface area contributed by atoms with Crippen LogP contribution in [-0.4, -0.2) is 38.7 Å². The molecular formula is C18H15N5O5S. The van der Waals surface area contributed by atoms with E-state index in [1.165, 1.54) is 43.8 Å². The monoisotopic (exact) mass is 413 g/mol. The Hall–Kier alpha value is -3.73. The fraction of sp³-hybridized carbons (Fsp3) is 0.111. The third-order valence-electron chi connectivity index (χ3n) is 3.87. The van der Waals surface area contributed by atoms with Gasteiger partial charge in [-0.3, -0.25) is 14.9 Å². The average Bonchev–Trinajstić information content (AvgIpc) is 3.12. The molecule has 11 heteroatoms. The number of para-hydroxylation sites is 1. The molecule has 0 saturated heterocycles. The molecule has 0 aliphatic heterocycles. The number of methoxy groups -OCH3 is 1. The first-order valence-corrected chi connectivity index (χ1v) is 9.01. The van der Waals surface area contributed by atoms with Gasteiger partial charge in [-0.1, -0.05) is 12.1 Å². The summed E-state index contributed by atoms with van der Waals surface area (Å²) < 4.78 is 6.32. The summed E-state index contributed by atoms with van der Waals surface area (Å²) in [4.78, 5) is 35.7. The van der Waals surface area contributed by atoms with Gasteiger partial charge < -0.3 is 14.6 Å². The number of carbonyl (C=O) groups is 2. The number of benzene rings is 2. The molecule has 1 N–H and O–H groups in total. The zero-order valence-corrected chi connectivity index (χ0v) is 16.2. The van der Waals surface area contributed by atoms with Crippen molar-refractivity contribution in [2.24, 2.45) is 7.05 Å². The summed E-state index contributed by atoms with van der Waals surface area (Å²) in [6, 6.07) is 10.4. The number of rotatable bonds is 6. The van der Waals surface area contributed by atoms with Crippen molar-refractivity contribution in [2.75, 3.05) is 12.4 Å². The Bertz CT molecular complexity index is 1100. The molecule has 0 aliphatic rings. The van der Waals surface area contributed by atoms with E-state index in [0.29, 0.717) is 10.1 Å². The molecule has 29 heavy (non-hydrogen) atoms. The predicted octanol–water partition coefficient (Wildman–Crippen LogP) is 2.91. The number of hydrogen-bond acceptors (Lipinski definition) is 8. The molecule has 1 amide bonds. The van der Waals surface area contributed by atoms with Crippen molar-refractivity contribution in [2.45, 2.75) is 10.1 Å². The van der Waals surface area contributed by atoms with Crippen molar-refractivity contribution in [1.29, 1.82) is 0 Å². The minimum absolute atomic E-state index is 0.0682. The predicted molar refractivity (Wildman–Crippen MR) is 104 cm³/mol. The molecule has 2 aromatic carbocycles. The molecule has 0 spiro atoms. The van der Waals surface area contributed by atoms with Crippen LogP contribution >= 0.6 is 11.8 Å². The number of carbonyl (C=O) groups excluding carboxylic acids is 2. The average molecular weight is 413 g/mol. The summed E-state index contributed by atoms with van der Waals surface area (Å²) in [5, 5.41) is 22.2. The van der Waals surface area contributed by atoms with Gasteiger partial charge in [-0.05, 0) is 36.0 Å². The van der Waals surface area contributed by atoms with Gasteiger partial charge in [0.15, 0.2) is 5.16 Å². The minimum Gasteiger partial charge on any atom is -0.465 e. The van der Waals surface area contributed by atoms with E-state index >= 15 is 0 Å². The molecule has 1 heterocycles. The highest BCUT2D eigenvalue weighted by molar-refractivity contribution is 7.99. The molecule has 3 rings (SSSR count). The zero-order valence-electron chi connectivity index (χ0n) is 15.4. The summed E-state index contributed by atoms with van der Waals surface area (Å²) in [5.74, 6) is -1.21. The third kappa shape index (κ3) is 4.41. The summed E-state index contributed by atoms with van der Waals surface area (Å²) in [6.07, 6.45) is 1.48. The smallest absolute Gasteiger partial charge is 0.339 e. The Morgan fingerprint density at radius 1 is 1.24 bits per heavy atom. The Morgan fingerprint density at radius 2 is 2.00 bits per heavy atom. The summed E-state index contributed by atoms with van der Waals surface area (Å²) >= 11 is 1.06. The highest BCUT2D eigenvalue weighted by atomic mass is 32.2. The quantitative estimate of drug-likeness (QED) is 0.371. The van der Waals surface area contributed by atoms with Crippen LogP contribution < -0.4 is 5.32 Å². The van der Waals surface area contributed by atoms with Gasteiger partial charge in [0.2, 0.25) is 0 Å². The number of nitro benzene ring substituents is 1. The molecule has 1 aromatic heterocycles. The van der Waals surface area contributed by atoms with E-state index in [0.717, 1.165) is 11.8 Å². The Balaban J connectivity index is 1.89. The lowest BCUT2D eigenvalue weighted by atomic mass is 10.1. The molecule has 3 aromatic rings. The maximum atomic E-state index is 12.6. The van der Waals surface area contributed by atoms with Gasteiger partial charge in [-0.15, -0.1) is 10.2 Å². The fourth-order valence-corrected chi connectivity index (χ4v) is 3.28. The minimum atomic E-state index is -0.609. The van der Waals surface area contributed by atoms with Crippen molar-refractivity contribution < 1.29 is 19.2 Å². The van der Waals surface area contributed by atoms with Crippen molar-refractivity contribution in [3.63, 3.8) is 0 Å². The van der Waals surface area contributed by atoms with Crippen LogP contribution in [0.15, 0.2) is 58.8 Å². The Kier molecular flexibility index (Phi) is 5.88. The van der Waals surface area contributed by atoms with E-state index in [9.17, 15) is 19.7 Å². The highest BCUT2D eigenvalue weighted by Gasteiger charge is 2.21. The lowest BCUT2D eigenvalue weighted by Gasteiger charge is -2.10. The van der Waals surface area contributed by atoms with Gasteiger partial charge in [0.1, 0.15) is 6.33 Å². The van der Waals surface area contributed by atoms with Gasteiger partial charge in [-0.25, -0.2) is 4.79 Å². The van der Waals surface area contributed by atoms with Crippen LogP contribution in [0, 0.1) is 10.1 Å². The lowest BCUT2D eigenvalue weighted by molar-refractivity contribution is -0.387. The normalized spacial score (nSPS) is 10.4. The number of nitrogens with one attached hydrogen (secondary N) is 1. The van der Waals surface area contributed by atoms with Gasteiger partial charge in [0.05, 0.1) is 28.2 Å². The van der Waals surface area contributed by atoms with Gasteiger partial charge in [0, 0.05) is 18.7 Å². The number of hydrogen-bond donors (Lipinski definition) is 1. The number of esters is 1. The molecule has 148 valence electrons. The lowest BCUT2D eigenvalue weighted by Crippen LogP contribution is -2.15. The number of amides is 1. The summed E-state index contributed by atoms with van der Waals surface area (Å²) in [7, 11) is 2.95. The number of nitrogens with zero attached hydrogens (tertiary/aromatic N) is 4. The number of aromatic nitrogens is 3. The summed E-state index contributed by atoms with van der Waals surface area (Å²) in [6.45, 7) is 0. The first kappa shape index (κ1) is 20.0. The molecule has 0 aliphatic carbocycles. The largest absolute Gasteiger partial charge is 0.465 e. The first-order chi connectivity index (χ1) is 13.9. The highest BCUT2D eigenvalue weighted by Crippen LogP contribution is 2.34. The SMILES string of the molecule is COC(=O)c1ccccc1NC(=O)c1ccc(Sc2nncn2C)c([N+](=O)[O-])c1.